The molecule has 1 aromatic heterocycles. The molecular formula is C11H10ClN5OS. The Kier molecular flexibility index (Phi) is 4.43. The minimum Gasteiger partial charge on any atom is -0.374 e. The van der Waals surface area contributed by atoms with Gasteiger partial charge in [-0.3, -0.25) is 4.79 Å². The van der Waals surface area contributed by atoms with E-state index in [1.807, 2.05) is 6.07 Å². The summed E-state index contributed by atoms with van der Waals surface area (Å²) in [6.45, 7) is 0. The molecule has 0 aliphatic rings. The van der Waals surface area contributed by atoms with Gasteiger partial charge >= 0.3 is 0 Å². The van der Waals surface area contributed by atoms with Gasteiger partial charge in [-0.25, -0.2) is 5.43 Å². The lowest BCUT2D eigenvalue weighted by Gasteiger charge is -1.96. The number of anilines is 1. The van der Waals surface area contributed by atoms with E-state index in [4.69, 9.17) is 17.3 Å². The molecule has 0 spiro atoms. The maximum Gasteiger partial charge on any atom is 0.247 e. The summed E-state index contributed by atoms with van der Waals surface area (Å²) < 4.78 is 0. The van der Waals surface area contributed by atoms with E-state index in [1.54, 1.807) is 18.2 Å². The number of hydrogen-bond acceptors (Lipinski definition) is 6. The minimum absolute atomic E-state index is 0.0990. The van der Waals surface area contributed by atoms with Crippen LogP contribution in [0.5, 0.6) is 0 Å². The van der Waals surface area contributed by atoms with Gasteiger partial charge in [0.05, 0.1) is 12.6 Å². The molecule has 0 aliphatic carbocycles. The summed E-state index contributed by atoms with van der Waals surface area (Å²) in [7, 11) is 0. The van der Waals surface area contributed by atoms with Crippen molar-refractivity contribution in [3.05, 3.63) is 39.9 Å². The Bertz CT molecular complexity index is 613. The number of nitrogens with one attached hydrogen (secondary N) is 1. The highest BCUT2D eigenvalue weighted by molar-refractivity contribution is 7.15. The highest BCUT2D eigenvalue weighted by Crippen LogP contribution is 2.11. The summed E-state index contributed by atoms with van der Waals surface area (Å²) >= 11 is 6.99. The van der Waals surface area contributed by atoms with Crippen LogP contribution in [-0.4, -0.2) is 22.3 Å². The van der Waals surface area contributed by atoms with Gasteiger partial charge in [-0.05, 0) is 17.7 Å². The molecule has 2 aromatic rings. The fraction of sp³-hybridized carbons (Fsp3) is 0.0909. The Morgan fingerprint density at radius 1 is 1.53 bits per heavy atom. The lowest BCUT2D eigenvalue weighted by molar-refractivity contribution is -0.120. The fourth-order valence-electron chi connectivity index (χ4n) is 1.28. The quantitative estimate of drug-likeness (QED) is 0.660. The van der Waals surface area contributed by atoms with Gasteiger partial charge in [0.15, 0.2) is 0 Å². The van der Waals surface area contributed by atoms with Gasteiger partial charge in [-0.15, -0.1) is 10.2 Å². The van der Waals surface area contributed by atoms with Crippen molar-refractivity contribution in [2.45, 2.75) is 6.42 Å². The summed E-state index contributed by atoms with van der Waals surface area (Å²) in [5, 5.41) is 12.7. The van der Waals surface area contributed by atoms with Crippen LogP contribution in [0, 0.1) is 0 Å². The summed E-state index contributed by atoms with van der Waals surface area (Å²) in [6, 6.07) is 7.13. The summed E-state index contributed by atoms with van der Waals surface area (Å²) in [4.78, 5) is 11.5. The molecule has 1 heterocycles. The van der Waals surface area contributed by atoms with Crippen LogP contribution in [0.3, 0.4) is 0 Å². The van der Waals surface area contributed by atoms with E-state index >= 15 is 0 Å². The van der Waals surface area contributed by atoms with Gasteiger partial charge in [-0.2, -0.15) is 5.10 Å². The molecule has 0 atom stereocenters. The van der Waals surface area contributed by atoms with Gasteiger partial charge in [-0.1, -0.05) is 35.1 Å². The summed E-state index contributed by atoms with van der Waals surface area (Å²) in [6.07, 6.45) is 1.61. The Morgan fingerprint density at radius 2 is 2.37 bits per heavy atom. The Hall–Kier alpha value is -1.99. The Morgan fingerprint density at radius 3 is 3.05 bits per heavy atom. The predicted octanol–water partition coefficient (Wildman–Crippen LogP) is 1.47. The largest absolute Gasteiger partial charge is 0.374 e. The molecule has 2 rings (SSSR count). The van der Waals surface area contributed by atoms with Crippen LogP contribution in [0.15, 0.2) is 29.4 Å². The van der Waals surface area contributed by atoms with Crippen LogP contribution < -0.4 is 11.2 Å². The average molecular weight is 296 g/mol. The number of halogens is 1. The number of nitrogen functional groups attached to an aromatic ring is 1. The number of carbonyl (C=O) groups is 1. The molecule has 3 N–H and O–H groups in total. The summed E-state index contributed by atoms with van der Waals surface area (Å²) in [5.41, 5.74) is 8.61. The van der Waals surface area contributed by atoms with E-state index in [0.717, 1.165) is 5.56 Å². The number of rotatable bonds is 4. The molecule has 1 aromatic carbocycles. The van der Waals surface area contributed by atoms with Crippen molar-refractivity contribution in [1.29, 1.82) is 0 Å². The van der Waals surface area contributed by atoms with Crippen LogP contribution in [0.2, 0.25) is 5.02 Å². The van der Waals surface area contributed by atoms with E-state index in [9.17, 15) is 4.79 Å². The van der Waals surface area contributed by atoms with Crippen LogP contribution in [0.4, 0.5) is 5.13 Å². The maximum absolute atomic E-state index is 11.5. The van der Waals surface area contributed by atoms with Crippen LogP contribution >= 0.6 is 22.9 Å². The zero-order valence-electron chi connectivity index (χ0n) is 9.71. The van der Waals surface area contributed by atoms with Crippen LogP contribution in [0.25, 0.3) is 0 Å². The monoisotopic (exact) mass is 295 g/mol. The molecule has 1 amide bonds. The number of carbonyl (C=O) groups excluding carboxylic acids is 1. The van der Waals surface area contributed by atoms with E-state index in [1.165, 1.54) is 17.6 Å². The summed E-state index contributed by atoms with van der Waals surface area (Å²) in [5.74, 6) is -0.283. The highest BCUT2D eigenvalue weighted by Gasteiger charge is 2.06. The first-order valence-electron chi connectivity index (χ1n) is 5.29. The molecule has 0 radical (unpaired) electrons. The van der Waals surface area contributed by atoms with Crippen molar-refractivity contribution in [3.8, 4) is 0 Å². The standard InChI is InChI=1S/C11H10ClN5OS/c12-8-3-1-2-7(4-8)6-14-15-9(18)5-10-16-17-11(13)19-10/h1-4,6H,5H2,(H2,13,17)(H,15,18). The molecule has 0 unspecified atom stereocenters. The van der Waals surface area contributed by atoms with Crippen molar-refractivity contribution >= 4 is 40.2 Å². The van der Waals surface area contributed by atoms with Gasteiger partial charge in [0.25, 0.3) is 0 Å². The first-order chi connectivity index (χ1) is 9.13. The molecule has 6 nitrogen and oxygen atoms in total. The maximum atomic E-state index is 11.5. The molecule has 98 valence electrons. The third-order valence-corrected chi connectivity index (χ3v) is 3.03. The minimum atomic E-state index is -0.283. The zero-order valence-corrected chi connectivity index (χ0v) is 11.3. The van der Waals surface area contributed by atoms with E-state index in [-0.39, 0.29) is 12.3 Å². The number of nitrogens with two attached hydrogens (primary N) is 1. The van der Waals surface area contributed by atoms with Crippen LogP contribution in [-0.2, 0) is 11.2 Å². The Balaban J connectivity index is 1.86. The van der Waals surface area contributed by atoms with E-state index in [0.29, 0.717) is 15.2 Å². The molecule has 8 heteroatoms. The molecule has 19 heavy (non-hydrogen) atoms. The number of nitrogens with zero attached hydrogens (tertiary/aromatic N) is 3. The molecule has 0 aliphatic heterocycles. The molecule has 0 fully saturated rings. The van der Waals surface area contributed by atoms with Crippen molar-refractivity contribution in [3.63, 3.8) is 0 Å². The van der Waals surface area contributed by atoms with E-state index in [2.05, 4.69) is 20.7 Å². The first-order valence-corrected chi connectivity index (χ1v) is 6.48. The molecule has 0 bridgehead atoms. The van der Waals surface area contributed by atoms with Gasteiger partial charge in [0.2, 0.25) is 11.0 Å². The number of benzene rings is 1. The second-order valence-electron chi connectivity index (χ2n) is 3.56. The second-order valence-corrected chi connectivity index (χ2v) is 5.09. The number of amides is 1. The van der Waals surface area contributed by atoms with Crippen LogP contribution in [0.1, 0.15) is 10.6 Å². The lowest BCUT2D eigenvalue weighted by Crippen LogP contribution is -2.19. The number of aromatic nitrogens is 2. The van der Waals surface area contributed by atoms with Crippen molar-refractivity contribution in [1.82, 2.24) is 15.6 Å². The normalized spacial score (nSPS) is 10.8. The topological polar surface area (TPSA) is 93.3 Å². The second kappa shape index (κ2) is 6.26. The third kappa shape index (κ3) is 4.31. The average Bonchev–Trinajstić information content (AvgIpc) is 2.75. The predicted molar refractivity (Wildman–Crippen MR) is 75.2 cm³/mol. The fourth-order valence-corrected chi connectivity index (χ4v) is 2.09. The third-order valence-electron chi connectivity index (χ3n) is 2.05. The lowest BCUT2D eigenvalue weighted by atomic mass is 10.2. The highest BCUT2D eigenvalue weighted by atomic mass is 35.5. The van der Waals surface area contributed by atoms with Crippen molar-refractivity contribution < 1.29 is 4.79 Å². The van der Waals surface area contributed by atoms with Gasteiger partial charge < -0.3 is 5.73 Å². The zero-order chi connectivity index (χ0) is 13.7. The molecular weight excluding hydrogens is 286 g/mol. The Labute approximate surface area is 118 Å². The van der Waals surface area contributed by atoms with Crippen molar-refractivity contribution in [2.75, 3.05) is 5.73 Å². The number of hydrogen-bond donors (Lipinski definition) is 2. The first kappa shape index (κ1) is 13.4. The smallest absolute Gasteiger partial charge is 0.247 e. The number of hydrazone groups is 1. The van der Waals surface area contributed by atoms with Gasteiger partial charge in [0, 0.05) is 5.02 Å². The molecule has 0 saturated heterocycles. The van der Waals surface area contributed by atoms with Gasteiger partial charge in [0.1, 0.15) is 5.01 Å². The SMILES string of the molecule is Nc1nnc(CC(=O)NN=Cc2cccc(Cl)c2)s1. The molecule has 0 saturated carbocycles. The van der Waals surface area contributed by atoms with E-state index < -0.39 is 0 Å². The van der Waals surface area contributed by atoms with Crippen molar-refractivity contribution in [2.24, 2.45) is 5.10 Å².